The molecule has 10 fully saturated rings. The van der Waals surface area contributed by atoms with E-state index in [4.69, 9.17) is 0 Å². The summed E-state index contributed by atoms with van der Waals surface area (Å²) in [6.45, 7) is 19.0. The number of amides is 5. The van der Waals surface area contributed by atoms with Crippen LogP contribution in [0.1, 0.15) is 162 Å². The zero-order valence-corrected chi connectivity index (χ0v) is 82.2. The van der Waals surface area contributed by atoms with E-state index in [1.54, 1.807) is 148 Å². The van der Waals surface area contributed by atoms with Crippen molar-refractivity contribution in [1.29, 1.82) is 0 Å². The number of nitrogens with zero attached hydrogens (tertiary/aromatic N) is 30. The summed E-state index contributed by atoms with van der Waals surface area (Å²) in [4.78, 5) is 151. The number of halogens is 2. The van der Waals surface area contributed by atoms with Gasteiger partial charge in [0.25, 0.3) is 29.5 Å². The SMILES string of the molecule is Cc1ccc(NC2CC3CC2N(C(=O)c2nc(C)ccc2-n2nccn2)C3)nc1.Cc1cnc(NC2CC3CC2N(C(=O)c2cccc(F)c2-c2ncccn2)C3)cn1.Cc1cnc(NC2CC3CC2N(C(=O)c2cccc(F)c2-c2ncccn2)C3)nc1.Cc1cnc(NC2CC3CC2N(C(=O)c2nc(C)ccc2-n2nccn2)C3)cn1.Cc1cnc(NC2CC3CC2N(C(=O)c2nc(C)ccc2-n2nccn2)C3)nc1. The fourth-order valence-corrected chi connectivity index (χ4v) is 22.5. The highest BCUT2D eigenvalue weighted by molar-refractivity contribution is 6.02. The van der Waals surface area contributed by atoms with Crippen molar-refractivity contribution in [3.8, 4) is 39.8 Å². The Balaban J connectivity index is 0.000000108. The molecule has 5 aliphatic carbocycles. The fraction of sp³-hybridized carbons (Fsp3) is 0.362. The van der Waals surface area contributed by atoms with Gasteiger partial charge in [-0.05, 0) is 245 Å². The van der Waals surface area contributed by atoms with Crippen LogP contribution in [0.5, 0.6) is 0 Å². The summed E-state index contributed by atoms with van der Waals surface area (Å²) in [5.41, 5.74) is 11.1. The lowest BCUT2D eigenvalue weighted by Crippen LogP contribution is -2.48. The quantitative estimate of drug-likeness (QED) is 0.0473. The van der Waals surface area contributed by atoms with Gasteiger partial charge in [0.15, 0.2) is 28.7 Å². The van der Waals surface area contributed by atoms with E-state index in [1.807, 2.05) is 135 Å². The summed E-state index contributed by atoms with van der Waals surface area (Å²) < 4.78 is 29.4. The first-order valence-electron chi connectivity index (χ1n) is 49.5. The van der Waals surface area contributed by atoms with Crippen LogP contribution < -0.4 is 26.6 Å². The van der Waals surface area contributed by atoms with Gasteiger partial charge >= 0.3 is 0 Å². The van der Waals surface area contributed by atoms with E-state index in [0.29, 0.717) is 106 Å². The molecule has 10 bridgehead atoms. The number of carbonyl (C=O) groups excluding carboxylic acids is 5. The lowest BCUT2D eigenvalue weighted by atomic mass is 10.0. The van der Waals surface area contributed by atoms with Crippen molar-refractivity contribution < 1.29 is 32.8 Å². The Labute approximate surface area is 844 Å². The Kier molecular flexibility index (Phi) is 27.4. The first-order chi connectivity index (χ1) is 71.4. The molecule has 25 rings (SSSR count). The average molecular weight is 1980 g/mol. The molecule has 5 saturated carbocycles. The number of fused-ring (bicyclic) bond motifs is 10. The van der Waals surface area contributed by atoms with Crippen molar-refractivity contribution in [1.82, 2.24) is 149 Å². The molecule has 0 radical (unpaired) electrons. The Morgan fingerprint density at radius 2 is 0.571 bits per heavy atom. The summed E-state index contributed by atoms with van der Waals surface area (Å²) in [6, 6.07) is 28.6. The van der Waals surface area contributed by atoms with E-state index in [-0.39, 0.29) is 113 Å². The van der Waals surface area contributed by atoms with E-state index >= 15 is 0 Å². The van der Waals surface area contributed by atoms with Gasteiger partial charge in [0.05, 0.1) is 126 Å². The molecule has 748 valence electrons. The number of aromatic nitrogens is 25. The van der Waals surface area contributed by atoms with E-state index in [2.05, 4.69) is 137 Å². The van der Waals surface area contributed by atoms with E-state index in [0.717, 1.165) is 141 Å². The van der Waals surface area contributed by atoms with Crippen LogP contribution in [-0.4, -0.2) is 272 Å². The number of carbonyl (C=O) groups is 5. The lowest BCUT2D eigenvalue weighted by Gasteiger charge is -2.34. The number of hydrogen-bond donors (Lipinski definition) is 5. The minimum absolute atomic E-state index is 0.0141. The van der Waals surface area contributed by atoms with Gasteiger partial charge in [0.2, 0.25) is 11.9 Å². The monoisotopic (exact) mass is 1980 g/mol. The maximum atomic E-state index is 14.7. The van der Waals surface area contributed by atoms with Crippen molar-refractivity contribution in [3.05, 3.63) is 300 Å². The molecular weight excluding hydrogens is 1870 g/mol. The van der Waals surface area contributed by atoms with Crippen molar-refractivity contribution in [2.24, 2.45) is 29.6 Å². The molecule has 10 aliphatic rings. The first-order valence-corrected chi connectivity index (χ1v) is 49.5. The number of piperidine rings is 5. The van der Waals surface area contributed by atoms with Crippen LogP contribution in [0, 0.1) is 96.6 Å². The summed E-state index contributed by atoms with van der Waals surface area (Å²) in [5.74, 6) is 4.60. The Bertz CT molecular complexity index is 6660. The molecule has 5 aliphatic heterocycles. The number of nitrogens with one attached hydrogen (secondary N) is 5. The summed E-state index contributed by atoms with van der Waals surface area (Å²) in [5, 5.41) is 42.3. The number of pyridine rings is 4. The molecule has 5 amide bonds. The van der Waals surface area contributed by atoms with Crippen LogP contribution in [0.15, 0.2) is 215 Å². The largest absolute Gasteiger partial charge is 0.365 e. The van der Waals surface area contributed by atoms with Gasteiger partial charge in [-0.2, -0.15) is 30.6 Å². The van der Waals surface area contributed by atoms with Gasteiger partial charge in [0.1, 0.15) is 46.2 Å². The van der Waals surface area contributed by atoms with E-state index in [1.165, 1.54) is 26.5 Å². The number of rotatable bonds is 20. The topological polar surface area (TPSA) is 460 Å². The smallest absolute Gasteiger partial charge is 0.275 e. The van der Waals surface area contributed by atoms with Crippen molar-refractivity contribution in [3.63, 3.8) is 0 Å². The minimum Gasteiger partial charge on any atom is -0.365 e. The molecule has 15 aromatic rings. The Hall–Kier alpha value is -16.9. The molecule has 15 atom stereocenters. The summed E-state index contributed by atoms with van der Waals surface area (Å²) >= 11 is 0. The second kappa shape index (κ2) is 41.8. The van der Waals surface area contributed by atoms with E-state index < -0.39 is 11.6 Å². The van der Waals surface area contributed by atoms with Gasteiger partial charge in [0, 0.05) is 136 Å². The molecule has 0 spiro atoms. The zero-order chi connectivity index (χ0) is 101. The van der Waals surface area contributed by atoms with Crippen LogP contribution in [-0.2, 0) is 0 Å². The lowest BCUT2D eigenvalue weighted by molar-refractivity contribution is 0.0678. The summed E-state index contributed by atoms with van der Waals surface area (Å²) in [6.07, 6.45) is 41.5. The van der Waals surface area contributed by atoms with Gasteiger partial charge in [-0.1, -0.05) is 18.2 Å². The zero-order valence-electron chi connectivity index (χ0n) is 82.2. The second-order valence-electron chi connectivity index (χ2n) is 39.4. The van der Waals surface area contributed by atoms with Crippen molar-refractivity contribution >= 4 is 58.9 Å². The average Bonchev–Trinajstić information content (AvgIpc) is 1.65. The molecule has 147 heavy (non-hydrogen) atoms. The Morgan fingerprint density at radius 1 is 0.272 bits per heavy atom. The molecule has 5 N–H and O–H groups in total. The second-order valence-corrected chi connectivity index (χ2v) is 39.4. The standard InChI is InChI=1S/2C22H21FN6O.C21H23N7O.2C20H22N8O/c1-13-10-27-19(11-26-13)28-17-8-14-9-18(17)29(12-14)22(30)15-4-2-5-16(23)20(15)21-24-6-3-7-25-21;1-13-10-26-22(27-11-13)28-17-8-14-9-18(17)29(12-14)21(30)15-4-2-5-16(23)19(15)20-24-6-3-7-25-20;1-13-3-6-19(22-11-13)26-16-9-15-10-18(16)27(12-15)21(29)20-17(5-4-14(2)25-20)28-23-7-8-24-28;1-12-9-21-20(22-10-12)26-15-7-14-8-17(15)27(11-14)19(29)18-16(4-3-13(2)25-18)28-23-5-6-24-28;1-12-3-4-16(28-23-5-6-24-28)19(25-12)20(29)27-11-14-7-15(17(27)8-14)26-18-10-21-13(2)9-22-18/h2-7,10-11,14,17-18H,8-9,12H2,1H3,(H,27,28);2-7,10-11,14,17-18H,8-9,12H2,1H3,(H,26,27,28);3-8,11,15-16,18H,9-10,12H2,1-2H3,(H,22,26);3-6,9-10,14-15,17H,7-8,11H2,1-2H3,(H,21,22,26);3-6,9-10,14-15,17H,7-8,11H2,1-2H3,(H,22,26). The molecular formula is C105H109F2N35O5. The minimum atomic E-state index is -0.501. The molecule has 13 aromatic heterocycles. The van der Waals surface area contributed by atoms with E-state index in [9.17, 15) is 32.8 Å². The third-order valence-corrected chi connectivity index (χ3v) is 29.0. The normalized spacial score (nSPS) is 22.6. The van der Waals surface area contributed by atoms with Crippen LogP contribution in [0.25, 0.3) is 39.8 Å². The fourth-order valence-electron chi connectivity index (χ4n) is 22.5. The van der Waals surface area contributed by atoms with Crippen LogP contribution >= 0.6 is 0 Å². The molecule has 5 saturated heterocycles. The molecule has 42 heteroatoms. The number of hydrogen-bond acceptors (Lipinski definition) is 32. The van der Waals surface area contributed by atoms with Gasteiger partial charge in [-0.15, -0.1) is 14.4 Å². The first kappa shape index (κ1) is 96.3. The molecule has 15 unspecified atom stereocenters. The highest BCUT2D eigenvalue weighted by Gasteiger charge is 2.53. The predicted octanol–water partition coefficient (Wildman–Crippen LogP) is 12.2. The summed E-state index contributed by atoms with van der Waals surface area (Å²) in [7, 11) is 0. The maximum absolute atomic E-state index is 14.7. The molecule has 2 aromatic carbocycles. The van der Waals surface area contributed by atoms with Crippen LogP contribution in [0.4, 0.5) is 38.1 Å². The van der Waals surface area contributed by atoms with Crippen molar-refractivity contribution in [2.75, 3.05) is 59.3 Å². The van der Waals surface area contributed by atoms with Crippen LogP contribution in [0.3, 0.4) is 0 Å². The third kappa shape index (κ3) is 20.8. The van der Waals surface area contributed by atoms with Gasteiger partial charge < -0.3 is 51.1 Å². The third-order valence-electron chi connectivity index (χ3n) is 29.0. The molecule has 40 nitrogen and oxygen atoms in total. The van der Waals surface area contributed by atoms with Gasteiger partial charge in [-0.3, -0.25) is 33.9 Å². The predicted molar refractivity (Wildman–Crippen MR) is 537 cm³/mol. The number of aryl methyl sites for hydroxylation is 8. The molecule has 18 heterocycles. The number of benzene rings is 2. The number of likely N-dealkylation sites (tertiary alicyclic amines) is 5. The highest BCUT2D eigenvalue weighted by Crippen LogP contribution is 2.47. The van der Waals surface area contributed by atoms with Crippen molar-refractivity contribution in [2.45, 2.75) is 180 Å². The highest BCUT2D eigenvalue weighted by atomic mass is 19.1. The number of anilines is 5. The maximum Gasteiger partial charge on any atom is 0.275 e. The Morgan fingerprint density at radius 3 is 0.871 bits per heavy atom. The van der Waals surface area contributed by atoms with Gasteiger partial charge in [-0.25, -0.2) is 78.6 Å². The van der Waals surface area contributed by atoms with Crippen LogP contribution in [0.2, 0.25) is 0 Å².